The molecule has 1 fully saturated rings. The van der Waals surface area contributed by atoms with Crippen LogP contribution in [0.25, 0.3) is 0 Å². The second-order valence-corrected chi connectivity index (χ2v) is 7.10. The van der Waals surface area contributed by atoms with Crippen LogP contribution in [0, 0.1) is 0 Å². The Morgan fingerprint density at radius 2 is 2.07 bits per heavy atom. The fourth-order valence-electron chi connectivity index (χ4n) is 3.77. The molecule has 1 spiro atoms. The smallest absolute Gasteiger partial charge is 0.252 e. The number of benzene rings is 1. The lowest BCUT2D eigenvalue weighted by atomic mass is 9.87. The summed E-state index contributed by atoms with van der Waals surface area (Å²) in [5.41, 5.74) is 12.7. The molecular weight excluding hydrogens is 360 g/mol. The second-order valence-electron chi connectivity index (χ2n) is 7.10. The molecule has 1 aliphatic heterocycles. The fourth-order valence-corrected chi connectivity index (χ4v) is 3.77. The molecule has 0 bridgehead atoms. The summed E-state index contributed by atoms with van der Waals surface area (Å²) >= 11 is 0. The van der Waals surface area contributed by atoms with Crippen LogP contribution < -0.4 is 26.4 Å². The average Bonchev–Trinajstić information content (AvgIpc) is 2.63. The maximum atomic E-state index is 12.1. The number of carbonyl (C=O) groups is 1. The molecule has 1 atom stereocenters. The average molecular weight is 388 g/mol. The summed E-state index contributed by atoms with van der Waals surface area (Å²) in [6.07, 6.45) is 3.48. The Hall–Kier alpha value is -2.81. The van der Waals surface area contributed by atoms with Gasteiger partial charge in [0.15, 0.2) is 0 Å². The minimum absolute atomic E-state index is 0.158. The van der Waals surface area contributed by atoms with Crippen LogP contribution in [0.5, 0.6) is 5.75 Å². The normalized spacial score (nSPS) is 19.6. The van der Waals surface area contributed by atoms with Crippen molar-refractivity contribution in [2.45, 2.75) is 57.7 Å². The maximum Gasteiger partial charge on any atom is 0.252 e. The molecule has 0 aromatic heterocycles. The number of ether oxygens (including phenoxy) is 1. The number of nitrogens with two attached hydrogens (primary N) is 2. The molecule has 1 heterocycles. The highest BCUT2D eigenvalue weighted by molar-refractivity contribution is 6.08. The van der Waals surface area contributed by atoms with Crippen LogP contribution >= 0.6 is 0 Å². The molecule has 1 aromatic rings. The van der Waals surface area contributed by atoms with Crippen LogP contribution in [-0.2, 0) is 4.79 Å². The van der Waals surface area contributed by atoms with E-state index in [1.165, 1.54) is 6.92 Å². The molecule has 28 heavy (non-hydrogen) atoms. The Labute approximate surface area is 164 Å². The van der Waals surface area contributed by atoms with Crippen molar-refractivity contribution >= 4 is 29.2 Å². The van der Waals surface area contributed by atoms with E-state index in [-0.39, 0.29) is 11.9 Å². The van der Waals surface area contributed by atoms with Gasteiger partial charge in [0.25, 0.3) is 5.91 Å². The van der Waals surface area contributed by atoms with Crippen LogP contribution in [0.15, 0.2) is 28.2 Å². The van der Waals surface area contributed by atoms with Gasteiger partial charge in [-0.15, -0.1) is 0 Å². The van der Waals surface area contributed by atoms with Gasteiger partial charge < -0.3 is 26.6 Å². The standard InChI is InChI=1S/C19H28N6O3/c1-3-28-13-7-8-14(22-16(27)12(2)26)15(11-13)25-18(21)23-17(20)24-19(25)9-5-4-6-10-19/h7-8,11-12,26H,3-6,9-10H2,1-2H3,(H,22,27)(H4,20,21,23,24). The first-order valence-corrected chi connectivity index (χ1v) is 9.62. The Bertz CT molecular complexity index is 799. The predicted molar refractivity (Wildman–Crippen MR) is 109 cm³/mol. The van der Waals surface area contributed by atoms with Gasteiger partial charge in [0.05, 0.1) is 18.0 Å². The van der Waals surface area contributed by atoms with Crippen molar-refractivity contribution in [2.24, 2.45) is 21.5 Å². The highest BCUT2D eigenvalue weighted by atomic mass is 16.5. The summed E-state index contributed by atoms with van der Waals surface area (Å²) in [6, 6.07) is 5.29. The number of nitrogens with zero attached hydrogens (tertiary/aromatic N) is 3. The van der Waals surface area contributed by atoms with Crippen molar-refractivity contribution in [1.29, 1.82) is 0 Å². The van der Waals surface area contributed by atoms with E-state index in [1.807, 2.05) is 11.8 Å². The second kappa shape index (κ2) is 8.05. The van der Waals surface area contributed by atoms with Crippen LogP contribution in [-0.4, -0.2) is 41.3 Å². The molecule has 1 aliphatic carbocycles. The van der Waals surface area contributed by atoms with Gasteiger partial charge in [-0.3, -0.25) is 9.69 Å². The van der Waals surface area contributed by atoms with Gasteiger partial charge in [0.1, 0.15) is 17.5 Å². The molecular formula is C19H28N6O3. The van der Waals surface area contributed by atoms with Crippen molar-refractivity contribution in [3.8, 4) is 5.75 Å². The minimum atomic E-state index is -1.15. The summed E-state index contributed by atoms with van der Waals surface area (Å²) < 4.78 is 5.65. The third-order valence-corrected chi connectivity index (χ3v) is 5.01. The van der Waals surface area contributed by atoms with Crippen molar-refractivity contribution in [1.82, 2.24) is 0 Å². The topological polar surface area (TPSA) is 139 Å². The summed E-state index contributed by atoms with van der Waals surface area (Å²) in [7, 11) is 0. The molecule has 0 saturated heterocycles. The van der Waals surface area contributed by atoms with E-state index in [0.717, 1.165) is 32.1 Å². The van der Waals surface area contributed by atoms with E-state index in [1.54, 1.807) is 18.2 Å². The summed E-state index contributed by atoms with van der Waals surface area (Å²) in [4.78, 5) is 22.8. The van der Waals surface area contributed by atoms with Gasteiger partial charge in [-0.2, -0.15) is 4.99 Å². The first-order chi connectivity index (χ1) is 13.4. The van der Waals surface area contributed by atoms with Crippen molar-refractivity contribution < 1.29 is 14.6 Å². The third-order valence-electron chi connectivity index (χ3n) is 5.01. The lowest BCUT2D eigenvalue weighted by Crippen LogP contribution is -2.58. The summed E-state index contributed by atoms with van der Waals surface area (Å²) in [5, 5.41) is 12.4. The third kappa shape index (κ3) is 3.89. The van der Waals surface area contributed by atoms with Gasteiger partial charge >= 0.3 is 0 Å². The number of hydrogen-bond donors (Lipinski definition) is 4. The monoisotopic (exact) mass is 388 g/mol. The van der Waals surface area contributed by atoms with Crippen LogP contribution in [0.4, 0.5) is 11.4 Å². The number of hydrogen-bond acceptors (Lipinski definition) is 8. The van der Waals surface area contributed by atoms with E-state index in [2.05, 4.69) is 15.3 Å². The first-order valence-electron chi connectivity index (χ1n) is 9.62. The number of rotatable bonds is 5. The number of amides is 1. The SMILES string of the molecule is CCOc1ccc(NC(=O)C(C)O)c(N2C(N)=NC(N)=NC23CCCCC3)c1. The molecule has 3 rings (SSSR count). The van der Waals surface area contributed by atoms with Crippen LogP contribution in [0.3, 0.4) is 0 Å². The molecule has 1 unspecified atom stereocenters. The number of aliphatic hydroxyl groups is 1. The maximum absolute atomic E-state index is 12.1. The highest BCUT2D eigenvalue weighted by Gasteiger charge is 2.43. The number of aliphatic hydroxyl groups excluding tert-OH is 1. The highest BCUT2D eigenvalue weighted by Crippen LogP contribution is 2.43. The Kier molecular flexibility index (Phi) is 5.73. The number of nitrogens with one attached hydrogen (secondary N) is 1. The van der Waals surface area contributed by atoms with Crippen LogP contribution in [0.1, 0.15) is 46.0 Å². The number of anilines is 2. The Morgan fingerprint density at radius 1 is 1.36 bits per heavy atom. The van der Waals surface area contributed by atoms with Crippen molar-refractivity contribution in [3.63, 3.8) is 0 Å². The molecule has 9 heteroatoms. The Balaban J connectivity index is 2.11. The first kappa shape index (κ1) is 19.9. The molecule has 2 aliphatic rings. The van der Waals surface area contributed by atoms with E-state index in [0.29, 0.717) is 23.7 Å². The van der Waals surface area contributed by atoms with Gasteiger partial charge in [-0.1, -0.05) is 6.42 Å². The summed E-state index contributed by atoms with van der Waals surface area (Å²) in [6.45, 7) is 3.81. The molecule has 1 saturated carbocycles. The zero-order chi connectivity index (χ0) is 20.3. The largest absolute Gasteiger partial charge is 0.494 e. The lowest BCUT2D eigenvalue weighted by Gasteiger charge is -2.46. The molecule has 0 radical (unpaired) electrons. The Morgan fingerprint density at radius 3 is 2.71 bits per heavy atom. The molecule has 152 valence electrons. The number of aliphatic imine (C=N–C) groups is 2. The zero-order valence-electron chi connectivity index (χ0n) is 16.3. The summed E-state index contributed by atoms with van der Waals surface area (Å²) in [5.74, 6) is 0.495. The molecule has 9 nitrogen and oxygen atoms in total. The molecule has 6 N–H and O–H groups in total. The zero-order valence-corrected chi connectivity index (χ0v) is 16.3. The number of carbonyl (C=O) groups excluding carboxylic acids is 1. The van der Waals surface area contributed by atoms with Gasteiger partial charge in [-0.05, 0) is 51.7 Å². The predicted octanol–water partition coefficient (Wildman–Crippen LogP) is 1.51. The van der Waals surface area contributed by atoms with Crippen molar-refractivity contribution in [3.05, 3.63) is 18.2 Å². The van der Waals surface area contributed by atoms with E-state index in [4.69, 9.17) is 16.2 Å². The van der Waals surface area contributed by atoms with Gasteiger partial charge in [-0.25, -0.2) is 4.99 Å². The quantitative estimate of drug-likeness (QED) is 0.603. The molecule has 1 amide bonds. The van der Waals surface area contributed by atoms with Gasteiger partial charge in [0.2, 0.25) is 11.9 Å². The fraction of sp³-hybridized carbons (Fsp3) is 0.526. The van der Waals surface area contributed by atoms with E-state index >= 15 is 0 Å². The van der Waals surface area contributed by atoms with Gasteiger partial charge in [0, 0.05) is 6.07 Å². The lowest BCUT2D eigenvalue weighted by molar-refractivity contribution is -0.123. The molecule has 1 aromatic carbocycles. The van der Waals surface area contributed by atoms with E-state index in [9.17, 15) is 9.90 Å². The minimum Gasteiger partial charge on any atom is -0.494 e. The van der Waals surface area contributed by atoms with Crippen molar-refractivity contribution in [2.75, 3.05) is 16.8 Å². The van der Waals surface area contributed by atoms with Crippen LogP contribution in [0.2, 0.25) is 0 Å². The number of guanidine groups is 2. The van der Waals surface area contributed by atoms with E-state index < -0.39 is 17.7 Å².